The van der Waals surface area contributed by atoms with Gasteiger partial charge in [0.15, 0.2) is 0 Å². The zero-order chi connectivity index (χ0) is 18.2. The van der Waals surface area contributed by atoms with Crippen molar-refractivity contribution in [3.8, 4) is 0 Å². The molecule has 2 aromatic heterocycles. The first-order valence-corrected chi connectivity index (χ1v) is 7.80. The minimum Gasteiger partial charge on any atom is -0.404 e. The third kappa shape index (κ3) is 4.68. The van der Waals surface area contributed by atoms with Crippen LogP contribution in [-0.2, 0) is 13.2 Å². The Morgan fingerprint density at radius 2 is 2.16 bits per heavy atom. The summed E-state index contributed by atoms with van der Waals surface area (Å²) < 4.78 is 1.55. The number of nitrogens with zero attached hydrogens (tertiary/aromatic N) is 2. The van der Waals surface area contributed by atoms with Gasteiger partial charge in [-0.05, 0) is 29.8 Å². The Morgan fingerprint density at radius 1 is 1.36 bits per heavy atom. The summed E-state index contributed by atoms with van der Waals surface area (Å²) in [5.74, 6) is 0. The van der Waals surface area contributed by atoms with Crippen LogP contribution in [-0.4, -0.2) is 19.6 Å². The maximum absolute atomic E-state index is 12.6. The molecule has 2 heterocycles. The van der Waals surface area contributed by atoms with Gasteiger partial charge in [0.1, 0.15) is 0 Å². The van der Waals surface area contributed by atoms with Gasteiger partial charge in [-0.2, -0.15) is 0 Å². The number of aromatic amines is 1. The lowest BCUT2D eigenvalue weighted by Gasteiger charge is -2.05. The third-order valence-electron chi connectivity index (χ3n) is 3.60. The van der Waals surface area contributed by atoms with Gasteiger partial charge in [0.2, 0.25) is 0 Å². The van der Waals surface area contributed by atoms with Gasteiger partial charge in [0, 0.05) is 30.5 Å². The van der Waals surface area contributed by atoms with E-state index in [2.05, 4.69) is 16.5 Å². The van der Waals surface area contributed by atoms with Crippen LogP contribution in [0, 0.1) is 6.92 Å². The number of aryl methyl sites for hydroxylation is 1. The van der Waals surface area contributed by atoms with Gasteiger partial charge in [-0.15, -0.1) is 0 Å². The molecule has 0 aliphatic rings. The van der Waals surface area contributed by atoms with Crippen molar-refractivity contribution in [2.24, 2.45) is 5.73 Å². The summed E-state index contributed by atoms with van der Waals surface area (Å²) in [5.41, 5.74) is 7.73. The minimum absolute atomic E-state index is 0.0904. The van der Waals surface area contributed by atoms with Crippen LogP contribution in [0.2, 0.25) is 0 Å². The molecule has 2 rings (SSSR count). The number of pyridine rings is 1. The van der Waals surface area contributed by atoms with Gasteiger partial charge in [-0.1, -0.05) is 24.8 Å². The van der Waals surface area contributed by atoms with Crippen LogP contribution in [0.5, 0.6) is 0 Å². The monoisotopic (exact) mass is 338 g/mol. The lowest BCUT2D eigenvalue weighted by atomic mass is 10.2. The zero-order valence-electron chi connectivity index (χ0n) is 14.1. The molecule has 0 atom stereocenters. The average Bonchev–Trinajstić information content (AvgIpc) is 2.68. The Hall–Kier alpha value is -3.12. The topological polar surface area (TPSA) is 96.9 Å². The summed E-state index contributed by atoms with van der Waals surface area (Å²) >= 11 is 0. The molecule has 4 N–H and O–H groups in total. The maximum Gasteiger partial charge on any atom is 0.260 e. The standard InChI is InChI=1S/C19H22N4O2/c1-3-4-16-7-8-23(19(25)18(16)9-20)12-17-11-21-10-15(13-24)6-5-14(2)22-17/h3-11,22,24H,1,12-13,20H2,2H3/b14-5?,15-6?,16-4-,17-11?,18-9+,21-10?. The van der Waals surface area contributed by atoms with E-state index in [1.807, 2.05) is 19.1 Å². The molecule has 0 fully saturated rings. The number of aliphatic hydroxyl groups is 1. The highest BCUT2D eigenvalue weighted by atomic mass is 16.3. The first-order valence-electron chi connectivity index (χ1n) is 7.80. The van der Waals surface area contributed by atoms with Crippen LogP contribution < -0.4 is 21.7 Å². The summed E-state index contributed by atoms with van der Waals surface area (Å²) in [4.78, 5) is 20.0. The van der Waals surface area contributed by atoms with Crippen molar-refractivity contribution < 1.29 is 5.11 Å². The fraction of sp³-hybridized carbons (Fsp3) is 0.158. The van der Waals surface area contributed by atoms with Crippen molar-refractivity contribution in [2.75, 3.05) is 0 Å². The molecule has 0 bridgehead atoms. The molecule has 0 aromatic carbocycles. The molecule has 130 valence electrons. The molecular formula is C19H22N4O2. The summed E-state index contributed by atoms with van der Waals surface area (Å²) in [6.07, 6.45) is 9.58. The lowest BCUT2D eigenvalue weighted by molar-refractivity contribution is 0.281. The average molecular weight is 338 g/mol. The number of hydrogen-bond donors (Lipinski definition) is 3. The quantitative estimate of drug-likeness (QED) is 0.742. The van der Waals surface area contributed by atoms with E-state index >= 15 is 0 Å². The summed E-state index contributed by atoms with van der Waals surface area (Å²) in [5, 5.41) is 10.4. The number of H-pyrrole nitrogens is 1. The number of hydrogen-bond acceptors (Lipinski definition) is 4. The van der Waals surface area contributed by atoms with Crippen molar-refractivity contribution in [3.63, 3.8) is 0 Å². The van der Waals surface area contributed by atoms with Crippen LogP contribution in [0.25, 0.3) is 12.3 Å². The Morgan fingerprint density at radius 3 is 2.84 bits per heavy atom. The van der Waals surface area contributed by atoms with E-state index in [1.165, 1.54) is 6.20 Å². The highest BCUT2D eigenvalue weighted by molar-refractivity contribution is 5.37. The van der Waals surface area contributed by atoms with E-state index in [1.54, 1.807) is 41.4 Å². The first kappa shape index (κ1) is 18.2. The van der Waals surface area contributed by atoms with Crippen LogP contribution in [0.4, 0.5) is 0 Å². The van der Waals surface area contributed by atoms with Gasteiger partial charge in [-0.25, -0.2) is 0 Å². The molecular weight excluding hydrogens is 316 g/mol. The number of allylic oxidation sites excluding steroid dienone is 1. The van der Waals surface area contributed by atoms with Crippen molar-refractivity contribution in [1.29, 1.82) is 0 Å². The Labute approximate surface area is 145 Å². The van der Waals surface area contributed by atoms with Crippen LogP contribution in [0.1, 0.15) is 17.0 Å². The van der Waals surface area contributed by atoms with Crippen molar-refractivity contribution >= 4 is 12.3 Å². The fourth-order valence-electron chi connectivity index (χ4n) is 2.35. The number of nitrogens with two attached hydrogens (primary N) is 1. The largest absolute Gasteiger partial charge is 0.404 e. The van der Waals surface area contributed by atoms with E-state index in [4.69, 9.17) is 5.73 Å². The summed E-state index contributed by atoms with van der Waals surface area (Å²) in [6, 6.07) is 5.45. The van der Waals surface area contributed by atoms with Crippen molar-refractivity contribution in [1.82, 2.24) is 14.5 Å². The molecule has 25 heavy (non-hydrogen) atoms. The minimum atomic E-state index is -0.194. The molecule has 0 amide bonds. The molecule has 0 unspecified atom stereocenters. The van der Waals surface area contributed by atoms with Crippen molar-refractivity contribution in [3.05, 3.63) is 87.2 Å². The van der Waals surface area contributed by atoms with E-state index in [0.29, 0.717) is 17.3 Å². The SMILES string of the molecule is C=C/C=c1/ccn(Cc2cncc(CO)ccc(C)[nH]2)c(=O)/c1=C/N. The second-order valence-electron chi connectivity index (χ2n) is 5.49. The van der Waals surface area contributed by atoms with Gasteiger partial charge in [0.05, 0.1) is 24.1 Å². The second kappa shape index (κ2) is 8.65. The van der Waals surface area contributed by atoms with Crippen LogP contribution in [0.3, 0.4) is 0 Å². The lowest BCUT2D eigenvalue weighted by Crippen LogP contribution is -2.45. The molecule has 0 aliphatic heterocycles. The van der Waals surface area contributed by atoms with Crippen LogP contribution in [0.15, 0.2) is 54.2 Å². The smallest absolute Gasteiger partial charge is 0.260 e. The van der Waals surface area contributed by atoms with Gasteiger partial charge >= 0.3 is 0 Å². The predicted molar refractivity (Wildman–Crippen MR) is 99.2 cm³/mol. The molecule has 6 heteroatoms. The number of aliphatic hydroxyl groups excluding tert-OH is 1. The first-order chi connectivity index (χ1) is 12.1. The van der Waals surface area contributed by atoms with Crippen molar-refractivity contribution in [2.45, 2.75) is 20.1 Å². The third-order valence-corrected chi connectivity index (χ3v) is 3.60. The fourth-order valence-corrected chi connectivity index (χ4v) is 2.35. The molecule has 2 aromatic rings. The number of aromatic nitrogens is 3. The van der Waals surface area contributed by atoms with E-state index < -0.39 is 0 Å². The second-order valence-corrected chi connectivity index (χ2v) is 5.49. The molecule has 0 saturated heterocycles. The van der Waals surface area contributed by atoms with E-state index in [0.717, 1.165) is 16.6 Å². The highest BCUT2D eigenvalue weighted by Gasteiger charge is 2.01. The summed E-state index contributed by atoms with van der Waals surface area (Å²) in [6.45, 7) is 5.76. The van der Waals surface area contributed by atoms with Crippen LogP contribution >= 0.6 is 0 Å². The van der Waals surface area contributed by atoms with Gasteiger partial charge < -0.3 is 20.4 Å². The predicted octanol–water partition coefficient (Wildman–Crippen LogP) is 0.208. The molecule has 0 radical (unpaired) electrons. The summed E-state index contributed by atoms with van der Waals surface area (Å²) in [7, 11) is 0. The zero-order valence-corrected chi connectivity index (χ0v) is 14.1. The molecule has 0 saturated carbocycles. The number of rotatable bonds is 4. The highest BCUT2D eigenvalue weighted by Crippen LogP contribution is 1.98. The Balaban J connectivity index is 2.56. The number of nitrogens with one attached hydrogen (secondary N) is 1. The normalized spacial score (nSPS) is 12.1. The van der Waals surface area contributed by atoms with E-state index in [9.17, 15) is 9.90 Å². The van der Waals surface area contributed by atoms with E-state index in [-0.39, 0.29) is 12.2 Å². The Bertz CT molecular complexity index is 985. The van der Waals surface area contributed by atoms with Gasteiger partial charge in [0.25, 0.3) is 5.56 Å². The molecule has 6 nitrogen and oxygen atoms in total. The molecule has 0 spiro atoms. The Kier molecular flexibility index (Phi) is 6.31. The molecule has 0 aliphatic carbocycles. The maximum atomic E-state index is 12.6. The van der Waals surface area contributed by atoms with Gasteiger partial charge in [-0.3, -0.25) is 9.78 Å².